The summed E-state index contributed by atoms with van der Waals surface area (Å²) in [4.78, 5) is 13.2. The predicted octanol–water partition coefficient (Wildman–Crippen LogP) is 6.87. The van der Waals surface area contributed by atoms with Crippen molar-refractivity contribution in [2.24, 2.45) is 0 Å². The van der Waals surface area contributed by atoms with Crippen LogP contribution in [0.25, 0.3) is 11.4 Å². The Kier molecular flexibility index (Phi) is 10.3. The van der Waals surface area contributed by atoms with Gasteiger partial charge >= 0.3 is 0 Å². The fourth-order valence-electron chi connectivity index (χ4n) is 2.94. The van der Waals surface area contributed by atoms with Crippen LogP contribution in [0.3, 0.4) is 0 Å². The zero-order valence-electron chi connectivity index (χ0n) is 16.9. The molecule has 2 aromatic rings. The number of aromatic nitrogens is 3. The fourth-order valence-corrected chi connectivity index (χ4v) is 3.10. The van der Waals surface area contributed by atoms with E-state index in [2.05, 4.69) is 34.1 Å². The maximum Gasteiger partial charge on any atom is 0.227 e. The highest BCUT2D eigenvalue weighted by molar-refractivity contribution is 6.28. The van der Waals surface area contributed by atoms with Crippen molar-refractivity contribution < 1.29 is 0 Å². The van der Waals surface area contributed by atoms with Crippen molar-refractivity contribution in [2.45, 2.75) is 64.8 Å². The van der Waals surface area contributed by atoms with Gasteiger partial charge in [-0.15, -0.1) is 0 Å². The number of nitrogens with one attached hydrogen (secondary N) is 1. The van der Waals surface area contributed by atoms with Gasteiger partial charge in [-0.2, -0.15) is 15.0 Å². The van der Waals surface area contributed by atoms with Crippen LogP contribution in [-0.2, 0) is 0 Å². The van der Waals surface area contributed by atoms with Crippen LogP contribution in [0.5, 0.6) is 0 Å². The molecule has 1 aromatic carbocycles. The molecule has 0 aliphatic carbocycles. The number of halogens is 1. The zero-order valence-corrected chi connectivity index (χ0v) is 17.7. The lowest BCUT2D eigenvalue weighted by molar-refractivity contribution is 0.549. The Labute approximate surface area is 174 Å². The van der Waals surface area contributed by atoms with Crippen LogP contribution in [0.1, 0.15) is 58.8 Å². The van der Waals surface area contributed by atoms with Crippen LogP contribution in [0.4, 0.5) is 5.95 Å². The van der Waals surface area contributed by atoms with Crippen LogP contribution in [0, 0.1) is 0 Å². The highest BCUT2D eigenvalue weighted by Gasteiger charge is 2.11. The van der Waals surface area contributed by atoms with Gasteiger partial charge in [0.1, 0.15) is 0 Å². The molecule has 1 unspecified atom stereocenters. The molecule has 28 heavy (non-hydrogen) atoms. The SMILES string of the molecule is CCCCCCCC(CC)Nc1nc(Cl)nc(-c2ccccccccc2)n1. The summed E-state index contributed by atoms with van der Waals surface area (Å²) < 4.78 is 0. The van der Waals surface area contributed by atoms with E-state index in [0.29, 0.717) is 17.8 Å². The Morgan fingerprint density at radius 1 is 0.821 bits per heavy atom. The molecular formula is C23H31ClN4. The summed E-state index contributed by atoms with van der Waals surface area (Å²) >= 11 is 6.19. The third-order valence-electron chi connectivity index (χ3n) is 4.57. The van der Waals surface area contributed by atoms with Crippen molar-refractivity contribution in [3.8, 4) is 11.4 Å². The Morgan fingerprint density at radius 3 is 2.11 bits per heavy atom. The monoisotopic (exact) mass is 398 g/mol. The molecule has 0 fully saturated rings. The Balaban J connectivity index is 2.14. The maximum atomic E-state index is 6.19. The van der Waals surface area contributed by atoms with Gasteiger partial charge in [-0.05, 0) is 24.4 Å². The fraction of sp³-hybridized carbons (Fsp3) is 0.435. The van der Waals surface area contributed by atoms with E-state index in [0.717, 1.165) is 18.4 Å². The smallest absolute Gasteiger partial charge is 0.227 e. The Morgan fingerprint density at radius 2 is 1.46 bits per heavy atom. The Bertz CT molecular complexity index is 740. The largest absolute Gasteiger partial charge is 0.351 e. The third kappa shape index (κ3) is 8.22. The molecule has 0 saturated carbocycles. The highest BCUT2D eigenvalue weighted by atomic mass is 35.5. The standard InChI is InChI=1S/C23H31ClN4/c1-3-5-6-10-15-18-20(4-2)25-23-27-21(26-22(24)28-23)19-16-13-11-8-7-9-12-14-17-19/h7-9,11-14,16-17,20H,3-6,10,15,18H2,1-2H3,(H,25,26,27,28). The molecule has 0 saturated heterocycles. The molecule has 1 N–H and O–H groups in total. The van der Waals surface area contributed by atoms with Crippen LogP contribution in [0.2, 0.25) is 5.28 Å². The quantitative estimate of drug-likeness (QED) is 0.443. The molecule has 2 rings (SSSR count). The van der Waals surface area contributed by atoms with Crippen molar-refractivity contribution >= 4 is 17.5 Å². The number of anilines is 1. The molecule has 1 aromatic heterocycles. The minimum atomic E-state index is 0.205. The zero-order chi connectivity index (χ0) is 20.0. The van der Waals surface area contributed by atoms with Crippen LogP contribution >= 0.6 is 11.6 Å². The van der Waals surface area contributed by atoms with Gasteiger partial charge in [0.25, 0.3) is 0 Å². The van der Waals surface area contributed by atoms with Crippen molar-refractivity contribution in [2.75, 3.05) is 5.32 Å². The summed E-state index contributed by atoms with van der Waals surface area (Å²) in [5.74, 6) is 1.11. The lowest BCUT2D eigenvalue weighted by Gasteiger charge is -2.17. The summed E-state index contributed by atoms with van der Waals surface area (Å²) in [7, 11) is 0. The molecule has 0 amide bonds. The second-order valence-corrected chi connectivity index (χ2v) is 7.18. The maximum absolute atomic E-state index is 6.19. The molecule has 0 spiro atoms. The minimum absolute atomic E-state index is 0.205. The first-order valence-electron chi connectivity index (χ1n) is 10.3. The van der Waals surface area contributed by atoms with Crippen molar-refractivity contribution in [1.82, 2.24) is 15.0 Å². The Hall–Kier alpha value is -2.20. The van der Waals surface area contributed by atoms with Crippen molar-refractivity contribution in [3.63, 3.8) is 0 Å². The van der Waals surface area contributed by atoms with Gasteiger partial charge in [-0.3, -0.25) is 0 Å². The summed E-state index contributed by atoms with van der Waals surface area (Å²) in [5, 5.41) is 3.65. The van der Waals surface area contributed by atoms with Crippen molar-refractivity contribution in [1.29, 1.82) is 0 Å². The number of unbranched alkanes of at least 4 members (excludes halogenated alkanes) is 4. The molecule has 1 heterocycles. The molecule has 4 nitrogen and oxygen atoms in total. The van der Waals surface area contributed by atoms with Crippen LogP contribution in [-0.4, -0.2) is 21.0 Å². The normalized spacial score (nSPS) is 11.5. The summed E-state index contributed by atoms with van der Waals surface area (Å²) in [6.45, 7) is 4.43. The number of hydrogen-bond donors (Lipinski definition) is 1. The molecule has 0 aliphatic heterocycles. The van der Waals surface area contributed by atoms with Gasteiger partial charge in [0.15, 0.2) is 5.82 Å². The van der Waals surface area contributed by atoms with Gasteiger partial charge < -0.3 is 5.32 Å². The summed E-state index contributed by atoms with van der Waals surface area (Å²) in [5.41, 5.74) is 0.885. The molecule has 0 radical (unpaired) electrons. The number of nitrogens with zero attached hydrogens (tertiary/aromatic N) is 3. The summed E-state index contributed by atoms with van der Waals surface area (Å²) in [6, 6.07) is 18.1. The van der Waals surface area contributed by atoms with E-state index in [1.165, 1.54) is 32.1 Å². The predicted molar refractivity (Wildman–Crippen MR) is 119 cm³/mol. The molecule has 0 aliphatic rings. The van der Waals surface area contributed by atoms with Gasteiger partial charge in [-0.1, -0.05) is 101 Å². The topological polar surface area (TPSA) is 50.7 Å². The van der Waals surface area contributed by atoms with Crippen LogP contribution in [0.15, 0.2) is 54.6 Å². The lowest BCUT2D eigenvalue weighted by atomic mass is 10.0. The second kappa shape index (κ2) is 13.1. The molecule has 150 valence electrons. The number of rotatable bonds is 10. The van der Waals surface area contributed by atoms with E-state index < -0.39 is 0 Å². The highest BCUT2D eigenvalue weighted by Crippen LogP contribution is 2.18. The third-order valence-corrected chi connectivity index (χ3v) is 4.74. The first-order chi connectivity index (χ1) is 13.7. The van der Waals surface area contributed by atoms with E-state index >= 15 is 0 Å². The van der Waals surface area contributed by atoms with E-state index in [-0.39, 0.29) is 5.28 Å². The van der Waals surface area contributed by atoms with Crippen molar-refractivity contribution in [3.05, 3.63) is 59.9 Å². The van der Waals surface area contributed by atoms with E-state index in [1.807, 2.05) is 54.6 Å². The first kappa shape index (κ1) is 22.1. The van der Waals surface area contributed by atoms with Gasteiger partial charge in [0.05, 0.1) is 0 Å². The van der Waals surface area contributed by atoms with Gasteiger partial charge in [0.2, 0.25) is 11.2 Å². The lowest BCUT2D eigenvalue weighted by Crippen LogP contribution is -2.20. The minimum Gasteiger partial charge on any atom is -0.351 e. The number of hydrogen-bond acceptors (Lipinski definition) is 4. The van der Waals surface area contributed by atoms with E-state index in [1.54, 1.807) is 0 Å². The van der Waals surface area contributed by atoms with E-state index in [4.69, 9.17) is 11.6 Å². The molecule has 0 bridgehead atoms. The molecule has 5 heteroatoms. The van der Waals surface area contributed by atoms with Crippen LogP contribution < -0.4 is 5.32 Å². The second-order valence-electron chi connectivity index (χ2n) is 6.84. The molecule has 1 atom stereocenters. The van der Waals surface area contributed by atoms with Gasteiger partial charge in [0, 0.05) is 11.6 Å². The van der Waals surface area contributed by atoms with E-state index in [9.17, 15) is 0 Å². The summed E-state index contributed by atoms with van der Waals surface area (Å²) in [6.07, 6.45) is 8.53. The average molecular weight is 399 g/mol. The average Bonchev–Trinajstić information content (AvgIpc) is 2.70. The first-order valence-corrected chi connectivity index (χ1v) is 10.7. The van der Waals surface area contributed by atoms with Gasteiger partial charge in [-0.25, -0.2) is 0 Å². The molecular weight excluding hydrogens is 368 g/mol.